The molecule has 0 fully saturated rings. The van der Waals surface area contributed by atoms with Gasteiger partial charge in [-0.15, -0.1) is 34.5 Å². The molecule has 0 N–H and O–H groups in total. The quantitative estimate of drug-likeness (QED) is 0.323. The maximum absolute atomic E-state index is 4.89. The standard InChI is InChI=1S/C10H9.C6H8P.2ClH.Ti/c1-8-6-7-9-4-2-3-5-10(8)9;1-5-3-7-4-6(5)2;;;/h2-7H,1H3;3,7H,1-2H3;2*1H;/q2*-1;;;+2/p-2. The van der Waals surface area contributed by atoms with Crippen molar-refractivity contribution in [3.63, 3.8) is 0 Å². The molecule has 1 atom stereocenters. The Morgan fingerprint density at radius 3 is 2.25 bits per heavy atom. The zero-order valence-electron chi connectivity index (χ0n) is 11.8. The second kappa shape index (κ2) is 9.77. The molecule has 0 nitrogen and oxygen atoms in total. The summed E-state index contributed by atoms with van der Waals surface area (Å²) in [6, 6.07) is 12.8. The second-order valence-corrected chi connectivity index (χ2v) is 7.80. The van der Waals surface area contributed by atoms with Crippen molar-refractivity contribution in [2.45, 2.75) is 20.8 Å². The minimum absolute atomic E-state index is 0.556. The van der Waals surface area contributed by atoms with Crippen LogP contribution in [0.5, 0.6) is 0 Å². The van der Waals surface area contributed by atoms with Crippen molar-refractivity contribution in [3.8, 4) is 0 Å². The predicted octanol–water partition coefficient (Wildman–Crippen LogP) is 6.38. The van der Waals surface area contributed by atoms with Crippen LogP contribution in [-0.2, 0) is 17.0 Å². The number of halogens is 2. The van der Waals surface area contributed by atoms with Crippen LogP contribution in [0.4, 0.5) is 0 Å². The molecule has 0 saturated heterocycles. The van der Waals surface area contributed by atoms with E-state index >= 15 is 0 Å². The van der Waals surface area contributed by atoms with Crippen LogP contribution in [0.3, 0.4) is 0 Å². The first-order chi connectivity index (χ1) is 9.60. The first-order valence-electron chi connectivity index (χ1n) is 6.19. The summed E-state index contributed by atoms with van der Waals surface area (Å²) in [4.78, 5) is 0. The molecule has 3 rings (SSSR count). The zero-order chi connectivity index (χ0) is 15.0. The van der Waals surface area contributed by atoms with E-state index in [2.05, 4.69) is 68.8 Å². The van der Waals surface area contributed by atoms with Gasteiger partial charge < -0.3 is 0 Å². The van der Waals surface area contributed by atoms with E-state index in [1.807, 2.05) is 0 Å². The number of aryl methyl sites for hydroxylation is 3. The molecule has 0 aliphatic rings. The van der Waals surface area contributed by atoms with Gasteiger partial charge in [-0.05, 0) is 0 Å². The topological polar surface area (TPSA) is 0 Å². The Hall–Kier alpha value is -0.0957. The Morgan fingerprint density at radius 2 is 1.80 bits per heavy atom. The van der Waals surface area contributed by atoms with Crippen molar-refractivity contribution in [1.29, 1.82) is 0 Å². The van der Waals surface area contributed by atoms with Gasteiger partial charge in [0.15, 0.2) is 0 Å². The summed E-state index contributed by atoms with van der Waals surface area (Å²) in [6.07, 6.45) is 0. The normalized spacial score (nSPS) is 9.65. The molecular formula is C16H17Cl2PTi-2. The van der Waals surface area contributed by atoms with E-state index < -0.39 is 17.0 Å². The van der Waals surface area contributed by atoms with Gasteiger partial charge in [0.05, 0.1) is 0 Å². The fourth-order valence-electron chi connectivity index (χ4n) is 1.77. The Bertz CT molecular complexity index is 611. The molecule has 0 aliphatic carbocycles. The minimum atomic E-state index is -0.556. The van der Waals surface area contributed by atoms with Crippen LogP contribution in [-0.4, -0.2) is 0 Å². The van der Waals surface area contributed by atoms with Crippen LogP contribution >= 0.6 is 26.8 Å². The Balaban J connectivity index is 0.000000176. The average molecular weight is 359 g/mol. The summed E-state index contributed by atoms with van der Waals surface area (Å²) in [5.41, 5.74) is 4.10. The molecule has 20 heavy (non-hydrogen) atoms. The molecule has 1 heterocycles. The van der Waals surface area contributed by atoms with Crippen LogP contribution < -0.4 is 0 Å². The van der Waals surface area contributed by atoms with Crippen LogP contribution in [0.25, 0.3) is 10.8 Å². The van der Waals surface area contributed by atoms with Crippen molar-refractivity contribution in [1.82, 2.24) is 0 Å². The van der Waals surface area contributed by atoms with Gasteiger partial charge in [0.2, 0.25) is 0 Å². The molecule has 1 unspecified atom stereocenters. The molecule has 0 spiro atoms. The molecule has 0 amide bonds. The van der Waals surface area contributed by atoms with Gasteiger partial charge in [-0.3, -0.25) is 8.19 Å². The number of hydrogen-bond acceptors (Lipinski definition) is 0. The molecule has 0 aliphatic heterocycles. The summed E-state index contributed by atoms with van der Waals surface area (Å²) in [7, 11) is 10.6. The van der Waals surface area contributed by atoms with E-state index in [4.69, 9.17) is 18.6 Å². The average Bonchev–Trinajstić information content (AvgIpc) is 2.99. The second-order valence-electron chi connectivity index (χ2n) is 4.40. The predicted molar refractivity (Wildman–Crippen MR) is 90.2 cm³/mol. The third-order valence-corrected chi connectivity index (χ3v) is 4.14. The summed E-state index contributed by atoms with van der Waals surface area (Å²) in [6.45, 7) is 6.37. The fourth-order valence-corrected chi connectivity index (χ4v) is 2.68. The van der Waals surface area contributed by atoms with Gasteiger partial charge in [-0.2, -0.15) is 34.9 Å². The van der Waals surface area contributed by atoms with Gasteiger partial charge >= 0.3 is 35.6 Å². The maximum atomic E-state index is 4.89. The SMILES string of the molecule is C[c-]1ccc2ccccc21.Cc1[c-][pH]cc1C.[Cl][Ti][Cl]. The van der Waals surface area contributed by atoms with E-state index in [0.29, 0.717) is 0 Å². The number of hydrogen-bond donors (Lipinski definition) is 0. The van der Waals surface area contributed by atoms with Gasteiger partial charge in [0, 0.05) is 0 Å². The van der Waals surface area contributed by atoms with E-state index in [9.17, 15) is 0 Å². The van der Waals surface area contributed by atoms with Crippen LogP contribution in [0, 0.1) is 26.6 Å². The van der Waals surface area contributed by atoms with E-state index in [1.54, 1.807) is 0 Å². The summed E-state index contributed by atoms with van der Waals surface area (Å²) >= 11 is -0.556. The summed E-state index contributed by atoms with van der Waals surface area (Å²) in [5, 5.41) is 2.72. The molecule has 3 aromatic rings. The van der Waals surface area contributed by atoms with Gasteiger partial charge in [0.1, 0.15) is 0 Å². The van der Waals surface area contributed by atoms with Crippen molar-refractivity contribution in [2.75, 3.05) is 0 Å². The molecule has 0 radical (unpaired) electrons. The number of benzene rings is 1. The van der Waals surface area contributed by atoms with Crippen LogP contribution in [0.1, 0.15) is 16.7 Å². The molecular weight excluding hydrogens is 342 g/mol. The van der Waals surface area contributed by atoms with Crippen LogP contribution in [0.2, 0.25) is 0 Å². The third-order valence-electron chi connectivity index (χ3n) is 3.04. The van der Waals surface area contributed by atoms with E-state index in [1.165, 1.54) is 27.5 Å². The van der Waals surface area contributed by atoms with Gasteiger partial charge in [-0.25, -0.2) is 0 Å². The number of rotatable bonds is 0. The summed E-state index contributed by atoms with van der Waals surface area (Å²) in [5.74, 6) is 5.44. The first-order valence-corrected chi connectivity index (χ1v) is 11.6. The number of fused-ring (bicyclic) bond motifs is 1. The molecule has 1 aromatic heterocycles. The van der Waals surface area contributed by atoms with Crippen molar-refractivity contribution in [3.05, 3.63) is 64.7 Å². The molecule has 0 saturated carbocycles. The summed E-state index contributed by atoms with van der Waals surface area (Å²) < 4.78 is 0. The monoisotopic (exact) mass is 358 g/mol. The third kappa shape index (κ3) is 5.72. The van der Waals surface area contributed by atoms with Crippen molar-refractivity contribution < 1.29 is 17.0 Å². The Labute approximate surface area is 139 Å². The van der Waals surface area contributed by atoms with Gasteiger partial charge in [-0.1, -0.05) is 26.8 Å². The zero-order valence-corrected chi connectivity index (χ0v) is 15.9. The van der Waals surface area contributed by atoms with E-state index in [0.717, 1.165) is 8.19 Å². The molecule has 106 valence electrons. The van der Waals surface area contributed by atoms with Gasteiger partial charge in [0.25, 0.3) is 0 Å². The molecule has 0 bridgehead atoms. The van der Waals surface area contributed by atoms with Crippen LogP contribution in [0.15, 0.2) is 42.2 Å². The van der Waals surface area contributed by atoms with Crippen molar-refractivity contribution in [2.24, 2.45) is 0 Å². The molecule has 2 aromatic carbocycles. The first kappa shape index (κ1) is 18.0. The molecule has 4 heteroatoms. The Kier molecular flexibility index (Phi) is 8.77. The van der Waals surface area contributed by atoms with E-state index in [-0.39, 0.29) is 0 Å². The Morgan fingerprint density at radius 1 is 1.15 bits per heavy atom. The van der Waals surface area contributed by atoms with Crippen molar-refractivity contribution >= 4 is 37.6 Å². The fraction of sp³-hybridized carbons (Fsp3) is 0.188.